The van der Waals surface area contributed by atoms with Crippen LogP contribution in [0.15, 0.2) is 0 Å². The van der Waals surface area contributed by atoms with Crippen LogP contribution in [0.25, 0.3) is 0 Å². The minimum Gasteiger partial charge on any atom is -0.418 e. The van der Waals surface area contributed by atoms with Gasteiger partial charge in [0.15, 0.2) is 8.32 Å². The second-order valence-electron chi connectivity index (χ2n) is 4.40. The third-order valence-electron chi connectivity index (χ3n) is 1.80. The van der Waals surface area contributed by atoms with Crippen LogP contribution in [0.1, 0.15) is 32.1 Å². The highest BCUT2D eigenvalue weighted by Crippen LogP contribution is 2.07. The molecular weight excluding hydrogens is 212 g/mol. The van der Waals surface area contributed by atoms with E-state index < -0.39 is 8.32 Å². The molecule has 0 fully saturated rings. The van der Waals surface area contributed by atoms with E-state index in [1.165, 1.54) is 19.3 Å². The van der Waals surface area contributed by atoms with Crippen molar-refractivity contribution in [1.29, 1.82) is 0 Å². The standard InChI is InChI=1S/C11H21ClOSi/c1-14(2,3)13-11-9-7-5-4-6-8-10-12/h4-7,9,11H2,1-3H3. The van der Waals surface area contributed by atoms with Gasteiger partial charge in [0.25, 0.3) is 0 Å². The Morgan fingerprint density at radius 1 is 1.07 bits per heavy atom. The molecule has 0 amide bonds. The molecule has 82 valence electrons. The van der Waals surface area contributed by atoms with Crippen LogP contribution in [-0.2, 0) is 4.43 Å². The van der Waals surface area contributed by atoms with Crippen molar-refractivity contribution in [2.24, 2.45) is 0 Å². The molecule has 0 atom stereocenters. The Balaban J connectivity index is 3.09. The Kier molecular flexibility index (Phi) is 8.36. The Hall–Kier alpha value is 0.0269. The van der Waals surface area contributed by atoms with Gasteiger partial charge in [0.1, 0.15) is 0 Å². The summed E-state index contributed by atoms with van der Waals surface area (Å²) >= 11 is 5.24. The molecule has 0 aliphatic rings. The Labute approximate surface area is 94.3 Å². The summed E-state index contributed by atoms with van der Waals surface area (Å²) in [6.45, 7) is 7.60. The highest BCUT2D eigenvalue weighted by atomic mass is 35.5. The summed E-state index contributed by atoms with van der Waals surface area (Å²) in [6.07, 6.45) is 5.75. The average molecular weight is 233 g/mol. The van der Waals surface area contributed by atoms with Crippen LogP contribution >= 0.6 is 11.6 Å². The van der Waals surface area contributed by atoms with E-state index >= 15 is 0 Å². The van der Waals surface area contributed by atoms with Crippen LogP contribution in [0.2, 0.25) is 19.6 Å². The van der Waals surface area contributed by atoms with Crippen LogP contribution in [0.4, 0.5) is 0 Å². The summed E-state index contributed by atoms with van der Waals surface area (Å²) in [5.74, 6) is 2.85. The smallest absolute Gasteiger partial charge is 0.183 e. The topological polar surface area (TPSA) is 9.23 Å². The molecule has 14 heavy (non-hydrogen) atoms. The zero-order valence-corrected chi connectivity index (χ0v) is 11.3. The van der Waals surface area contributed by atoms with Gasteiger partial charge in [0.05, 0.1) is 0 Å². The monoisotopic (exact) mass is 232 g/mol. The van der Waals surface area contributed by atoms with Crippen molar-refractivity contribution in [1.82, 2.24) is 0 Å². The molecule has 0 aromatic carbocycles. The molecule has 0 aromatic rings. The summed E-state index contributed by atoms with van der Waals surface area (Å²) in [4.78, 5) is 0. The number of hydrogen-bond donors (Lipinski definition) is 0. The van der Waals surface area contributed by atoms with E-state index in [9.17, 15) is 0 Å². The van der Waals surface area contributed by atoms with Gasteiger partial charge in [-0.3, -0.25) is 0 Å². The summed E-state index contributed by atoms with van der Waals surface area (Å²) < 4.78 is 5.75. The first kappa shape index (κ1) is 14.0. The second-order valence-corrected chi connectivity index (χ2v) is 9.10. The lowest BCUT2D eigenvalue weighted by Crippen LogP contribution is -2.25. The Morgan fingerprint density at radius 2 is 1.71 bits per heavy atom. The van der Waals surface area contributed by atoms with E-state index in [0.29, 0.717) is 0 Å². The molecule has 0 N–H and O–H groups in total. The highest BCUT2D eigenvalue weighted by Gasteiger charge is 2.12. The summed E-state index contributed by atoms with van der Waals surface area (Å²) in [5, 5.41) is 2.39. The first-order valence-electron chi connectivity index (χ1n) is 5.29. The fraction of sp³-hybridized carbons (Fsp3) is 0.818. The number of hydrogen-bond acceptors (Lipinski definition) is 1. The average Bonchev–Trinajstić information content (AvgIpc) is 2.08. The van der Waals surface area contributed by atoms with E-state index in [1.54, 1.807) is 0 Å². The van der Waals surface area contributed by atoms with Gasteiger partial charge in [0, 0.05) is 18.4 Å². The van der Waals surface area contributed by atoms with Gasteiger partial charge in [-0.25, -0.2) is 0 Å². The van der Waals surface area contributed by atoms with Gasteiger partial charge in [-0.1, -0.05) is 18.8 Å². The van der Waals surface area contributed by atoms with Crippen LogP contribution in [-0.4, -0.2) is 14.9 Å². The zero-order chi connectivity index (χ0) is 10.9. The molecule has 0 spiro atoms. The van der Waals surface area contributed by atoms with Crippen LogP contribution in [0.5, 0.6) is 0 Å². The third-order valence-corrected chi connectivity index (χ3v) is 3.00. The first-order chi connectivity index (χ1) is 6.56. The van der Waals surface area contributed by atoms with Gasteiger partial charge in [-0.05, 0) is 44.1 Å². The molecule has 0 bridgehead atoms. The van der Waals surface area contributed by atoms with Gasteiger partial charge in [-0.15, -0.1) is 0 Å². The lowest BCUT2D eigenvalue weighted by atomic mass is 10.1. The van der Waals surface area contributed by atoms with Gasteiger partial charge >= 0.3 is 0 Å². The Morgan fingerprint density at radius 3 is 2.29 bits per heavy atom. The second kappa shape index (κ2) is 8.34. The lowest BCUT2D eigenvalue weighted by molar-refractivity contribution is 0.299. The molecular formula is C11H21ClOSi. The maximum Gasteiger partial charge on any atom is 0.183 e. The highest BCUT2D eigenvalue weighted by molar-refractivity contribution is 6.69. The molecule has 0 unspecified atom stereocenters. The molecule has 0 saturated carbocycles. The third kappa shape index (κ3) is 12.0. The minimum atomic E-state index is -1.28. The zero-order valence-electron chi connectivity index (χ0n) is 9.53. The van der Waals surface area contributed by atoms with E-state index in [4.69, 9.17) is 16.0 Å². The Bertz CT molecular complexity index is 188. The number of unbranched alkanes of at least 4 members (excludes halogenated alkanes) is 4. The molecule has 0 aliphatic heterocycles. The maximum absolute atomic E-state index is 5.75. The van der Waals surface area contributed by atoms with Crippen molar-refractivity contribution in [2.75, 3.05) is 6.61 Å². The molecule has 0 heterocycles. The van der Waals surface area contributed by atoms with Crippen molar-refractivity contribution < 1.29 is 4.43 Å². The van der Waals surface area contributed by atoms with Crippen LogP contribution in [0.3, 0.4) is 0 Å². The number of rotatable bonds is 7. The molecule has 0 saturated heterocycles. The van der Waals surface area contributed by atoms with Gasteiger partial charge < -0.3 is 4.43 Å². The summed E-state index contributed by atoms with van der Waals surface area (Å²) in [5.41, 5.74) is 0. The van der Waals surface area contributed by atoms with Crippen molar-refractivity contribution in [2.45, 2.75) is 51.7 Å². The molecule has 0 radical (unpaired) electrons. The van der Waals surface area contributed by atoms with Crippen molar-refractivity contribution in [3.8, 4) is 11.3 Å². The quantitative estimate of drug-likeness (QED) is 0.367. The summed E-state index contributed by atoms with van der Waals surface area (Å²) in [6, 6.07) is 0. The molecule has 3 heteroatoms. The van der Waals surface area contributed by atoms with Crippen LogP contribution in [0, 0.1) is 11.3 Å². The predicted octanol–water partition coefficient (Wildman–Crippen LogP) is 3.99. The van der Waals surface area contributed by atoms with Gasteiger partial charge in [-0.2, -0.15) is 0 Å². The van der Waals surface area contributed by atoms with Crippen molar-refractivity contribution >= 4 is 19.9 Å². The fourth-order valence-corrected chi connectivity index (χ4v) is 1.95. The van der Waals surface area contributed by atoms with Gasteiger partial charge in [0.2, 0.25) is 0 Å². The lowest BCUT2D eigenvalue weighted by Gasteiger charge is -2.16. The van der Waals surface area contributed by atoms with Crippen molar-refractivity contribution in [3.63, 3.8) is 0 Å². The fourth-order valence-electron chi connectivity index (χ4n) is 1.09. The predicted molar refractivity (Wildman–Crippen MR) is 66.0 cm³/mol. The van der Waals surface area contributed by atoms with Crippen LogP contribution < -0.4 is 0 Å². The normalized spacial score (nSPS) is 10.9. The van der Waals surface area contributed by atoms with E-state index in [2.05, 4.69) is 30.9 Å². The first-order valence-corrected chi connectivity index (χ1v) is 9.07. The number of halogens is 1. The molecule has 0 aliphatic carbocycles. The van der Waals surface area contributed by atoms with E-state index in [-0.39, 0.29) is 0 Å². The summed E-state index contributed by atoms with van der Waals surface area (Å²) in [7, 11) is -1.28. The molecule has 0 aromatic heterocycles. The van der Waals surface area contributed by atoms with Crippen molar-refractivity contribution in [3.05, 3.63) is 0 Å². The largest absolute Gasteiger partial charge is 0.418 e. The molecule has 1 nitrogen and oxygen atoms in total. The van der Waals surface area contributed by atoms with E-state index in [1.807, 2.05) is 0 Å². The SMILES string of the molecule is C[Si](C)(C)OCCCCCCC#CCl. The minimum absolute atomic E-state index is 0.927. The molecule has 0 rings (SSSR count). The maximum atomic E-state index is 5.75. The van der Waals surface area contributed by atoms with E-state index in [0.717, 1.165) is 19.4 Å².